The number of hydrogen-bond acceptors (Lipinski definition) is 6. The highest BCUT2D eigenvalue weighted by Gasteiger charge is 2.20. The first-order chi connectivity index (χ1) is 8.63. The van der Waals surface area contributed by atoms with E-state index in [0.717, 1.165) is 11.5 Å². The van der Waals surface area contributed by atoms with Gasteiger partial charge in [0.2, 0.25) is 0 Å². The zero-order valence-corrected chi connectivity index (χ0v) is 10.6. The summed E-state index contributed by atoms with van der Waals surface area (Å²) in [5.74, 6) is 0.0572. The number of nitriles is 1. The first-order valence-corrected chi connectivity index (χ1v) is 5.98. The summed E-state index contributed by atoms with van der Waals surface area (Å²) < 4.78 is 3.78. The van der Waals surface area contributed by atoms with Crippen molar-refractivity contribution in [2.24, 2.45) is 0 Å². The first kappa shape index (κ1) is 12.2. The van der Waals surface area contributed by atoms with Gasteiger partial charge in [-0.15, -0.1) is 5.10 Å². The second-order valence-corrected chi connectivity index (χ2v) is 4.62. The van der Waals surface area contributed by atoms with E-state index in [4.69, 9.17) is 5.26 Å². The van der Waals surface area contributed by atoms with Gasteiger partial charge in [-0.1, -0.05) is 18.3 Å². The van der Waals surface area contributed by atoms with E-state index in [9.17, 15) is 4.79 Å². The van der Waals surface area contributed by atoms with Crippen LogP contribution in [-0.2, 0) is 0 Å². The van der Waals surface area contributed by atoms with Gasteiger partial charge in [-0.25, -0.2) is 0 Å². The lowest BCUT2D eigenvalue weighted by Gasteiger charge is -2.04. The van der Waals surface area contributed by atoms with Crippen LogP contribution in [0.25, 0.3) is 0 Å². The molecule has 18 heavy (non-hydrogen) atoms. The molecule has 7 nitrogen and oxygen atoms in total. The van der Waals surface area contributed by atoms with Crippen LogP contribution < -0.4 is 5.32 Å². The quantitative estimate of drug-likeness (QED) is 0.871. The monoisotopic (exact) mass is 262 g/mol. The number of nitrogens with one attached hydrogen (secondary N) is 2. The van der Waals surface area contributed by atoms with Gasteiger partial charge in [0, 0.05) is 0 Å². The predicted octanol–water partition coefficient (Wildman–Crippen LogP) is 1.51. The van der Waals surface area contributed by atoms with Gasteiger partial charge in [0.15, 0.2) is 0 Å². The number of carbonyl (C=O) groups is 1. The maximum Gasteiger partial charge on any atom is 0.270 e. The van der Waals surface area contributed by atoms with Crippen molar-refractivity contribution in [3.63, 3.8) is 0 Å². The standard InChI is InChI=1S/C10H10N6OS/c1-5(2)7-8(18-16-14-7)10(17)13-9-6(3-11)4-12-15-9/h4-5H,1-2H3,(H2,12,13,15,17). The Kier molecular flexibility index (Phi) is 3.34. The van der Waals surface area contributed by atoms with Crippen LogP contribution in [-0.4, -0.2) is 25.7 Å². The molecule has 0 aliphatic carbocycles. The smallest absolute Gasteiger partial charge is 0.270 e. The number of aromatic nitrogens is 4. The molecule has 2 N–H and O–H groups in total. The van der Waals surface area contributed by atoms with Gasteiger partial charge in [-0.05, 0) is 17.5 Å². The highest BCUT2D eigenvalue weighted by atomic mass is 32.1. The van der Waals surface area contributed by atoms with Crippen molar-refractivity contribution < 1.29 is 4.79 Å². The number of rotatable bonds is 3. The number of amides is 1. The third kappa shape index (κ3) is 2.21. The highest BCUT2D eigenvalue weighted by molar-refractivity contribution is 7.08. The molecule has 0 radical (unpaired) electrons. The van der Waals surface area contributed by atoms with Crippen molar-refractivity contribution in [2.75, 3.05) is 5.32 Å². The average molecular weight is 262 g/mol. The molecule has 92 valence electrons. The number of H-pyrrole nitrogens is 1. The molecule has 0 saturated carbocycles. The minimum absolute atomic E-state index is 0.113. The molecule has 1 amide bonds. The summed E-state index contributed by atoms with van der Waals surface area (Å²) >= 11 is 1.03. The maximum atomic E-state index is 12.0. The minimum Gasteiger partial charge on any atom is -0.305 e. The van der Waals surface area contributed by atoms with Crippen LogP contribution in [0.4, 0.5) is 5.82 Å². The van der Waals surface area contributed by atoms with Crippen molar-refractivity contribution in [1.82, 2.24) is 19.8 Å². The third-order valence-electron chi connectivity index (χ3n) is 2.26. The lowest BCUT2D eigenvalue weighted by molar-refractivity contribution is 0.102. The zero-order chi connectivity index (χ0) is 13.1. The molecule has 0 bridgehead atoms. The minimum atomic E-state index is -0.338. The Bertz CT molecular complexity index is 608. The second-order valence-electron chi connectivity index (χ2n) is 3.87. The summed E-state index contributed by atoms with van der Waals surface area (Å²) in [4.78, 5) is 12.5. The van der Waals surface area contributed by atoms with Crippen LogP contribution in [0, 0.1) is 11.3 Å². The average Bonchev–Trinajstić information content (AvgIpc) is 2.96. The van der Waals surface area contributed by atoms with E-state index in [0.29, 0.717) is 10.6 Å². The van der Waals surface area contributed by atoms with Crippen molar-refractivity contribution in [3.8, 4) is 6.07 Å². The van der Waals surface area contributed by atoms with Crippen LogP contribution >= 0.6 is 11.5 Å². The number of anilines is 1. The topological polar surface area (TPSA) is 107 Å². The highest BCUT2D eigenvalue weighted by Crippen LogP contribution is 2.21. The molecule has 0 atom stereocenters. The van der Waals surface area contributed by atoms with Crippen LogP contribution in [0.2, 0.25) is 0 Å². The molecule has 2 aromatic rings. The summed E-state index contributed by atoms with van der Waals surface area (Å²) in [6.07, 6.45) is 1.35. The molecule has 8 heteroatoms. The Labute approximate surface area is 107 Å². The zero-order valence-electron chi connectivity index (χ0n) is 9.76. The van der Waals surface area contributed by atoms with E-state index in [1.165, 1.54) is 6.20 Å². The Hall–Kier alpha value is -2.27. The summed E-state index contributed by atoms with van der Waals surface area (Å²) in [6, 6.07) is 1.93. The van der Waals surface area contributed by atoms with Gasteiger partial charge < -0.3 is 5.32 Å². The van der Waals surface area contributed by atoms with Gasteiger partial charge in [-0.2, -0.15) is 10.4 Å². The van der Waals surface area contributed by atoms with Crippen LogP contribution in [0.15, 0.2) is 6.20 Å². The fourth-order valence-electron chi connectivity index (χ4n) is 1.37. The molecule has 0 fully saturated rings. The maximum absolute atomic E-state index is 12.0. The number of aromatic amines is 1. The lowest BCUT2D eigenvalue weighted by atomic mass is 10.1. The SMILES string of the molecule is CC(C)c1nnsc1C(=O)Nc1[nH]ncc1C#N. The predicted molar refractivity (Wildman–Crippen MR) is 65.3 cm³/mol. The normalized spacial score (nSPS) is 10.3. The molecule has 0 unspecified atom stereocenters. The Morgan fingerprint density at radius 2 is 2.39 bits per heavy atom. The lowest BCUT2D eigenvalue weighted by Crippen LogP contribution is -2.14. The van der Waals surface area contributed by atoms with Gasteiger partial charge >= 0.3 is 0 Å². The fraction of sp³-hybridized carbons (Fsp3) is 0.300. The first-order valence-electron chi connectivity index (χ1n) is 5.20. The van der Waals surface area contributed by atoms with Gasteiger partial charge in [-0.3, -0.25) is 9.89 Å². The van der Waals surface area contributed by atoms with E-state index >= 15 is 0 Å². The summed E-state index contributed by atoms with van der Waals surface area (Å²) in [5.41, 5.74) is 0.933. The molecule has 0 spiro atoms. The summed E-state index contributed by atoms with van der Waals surface area (Å²) in [5, 5.41) is 21.6. The molecule has 2 aromatic heterocycles. The van der Waals surface area contributed by atoms with Crippen LogP contribution in [0.1, 0.15) is 40.7 Å². The van der Waals surface area contributed by atoms with Gasteiger partial charge in [0.05, 0.1) is 11.9 Å². The van der Waals surface area contributed by atoms with Crippen LogP contribution in [0.3, 0.4) is 0 Å². The molecular formula is C10H10N6OS. The number of hydrogen-bond donors (Lipinski definition) is 2. The molecule has 2 heterocycles. The van der Waals surface area contributed by atoms with Crippen molar-refractivity contribution in [2.45, 2.75) is 19.8 Å². The molecule has 0 saturated heterocycles. The second kappa shape index (κ2) is 4.93. The number of carbonyl (C=O) groups excluding carboxylic acids is 1. The molecule has 0 aliphatic rings. The Morgan fingerprint density at radius 1 is 1.61 bits per heavy atom. The van der Waals surface area contributed by atoms with E-state index in [2.05, 4.69) is 25.1 Å². The molecule has 2 rings (SSSR count). The fourth-order valence-corrected chi connectivity index (χ4v) is 2.08. The Morgan fingerprint density at radius 3 is 3.06 bits per heavy atom. The third-order valence-corrected chi connectivity index (χ3v) is 3.01. The van der Waals surface area contributed by atoms with E-state index in [-0.39, 0.29) is 23.2 Å². The van der Waals surface area contributed by atoms with E-state index in [1.54, 1.807) is 0 Å². The van der Waals surface area contributed by atoms with Gasteiger partial charge in [0.25, 0.3) is 5.91 Å². The van der Waals surface area contributed by atoms with Crippen molar-refractivity contribution in [3.05, 3.63) is 22.3 Å². The molecule has 0 aliphatic heterocycles. The van der Waals surface area contributed by atoms with Crippen molar-refractivity contribution >= 4 is 23.3 Å². The number of nitrogens with zero attached hydrogens (tertiary/aromatic N) is 4. The van der Waals surface area contributed by atoms with Gasteiger partial charge in [0.1, 0.15) is 22.3 Å². The largest absolute Gasteiger partial charge is 0.305 e. The van der Waals surface area contributed by atoms with Crippen molar-refractivity contribution in [1.29, 1.82) is 5.26 Å². The summed E-state index contributed by atoms with van der Waals surface area (Å²) in [7, 11) is 0. The van der Waals surface area contributed by atoms with E-state index < -0.39 is 0 Å². The Balaban J connectivity index is 2.23. The van der Waals surface area contributed by atoms with E-state index in [1.807, 2.05) is 19.9 Å². The molecule has 0 aromatic carbocycles. The van der Waals surface area contributed by atoms with Crippen LogP contribution in [0.5, 0.6) is 0 Å². The molecular weight excluding hydrogens is 252 g/mol. The summed E-state index contributed by atoms with van der Waals surface area (Å²) in [6.45, 7) is 3.87.